The molecule has 0 saturated carbocycles. The number of phenolic OH excluding ortho intramolecular Hbond substituents is 1. The Morgan fingerprint density at radius 1 is 0.841 bits per heavy atom. The number of aliphatic imine (C=N–C) groups is 1. The van der Waals surface area contributed by atoms with Gasteiger partial charge in [-0.25, -0.2) is 4.98 Å². The molecule has 4 aromatic carbocycles. The minimum atomic E-state index is -0.646. The Bertz CT molecular complexity index is 2780. The number of aryl methyl sites for hydroxylation is 3. The second-order valence-corrected chi connectivity index (χ2v) is 19.5. The number of thiophene rings is 1. The Labute approximate surface area is 372 Å². The smallest absolute Gasteiger partial charge is 0.196 e. The van der Waals surface area contributed by atoms with Crippen LogP contribution < -0.4 is 9.80 Å². The minimum Gasteiger partial charge on any atom is -0.508 e. The Kier molecular flexibility index (Phi) is 10.1. The molecule has 3 aliphatic heterocycles. The van der Waals surface area contributed by atoms with Crippen molar-refractivity contribution in [3.8, 4) is 10.8 Å². The highest BCUT2D eigenvalue weighted by Crippen LogP contribution is 2.48. The fraction of sp³-hybridized carbons (Fsp3) is 0.346. The zero-order valence-electron chi connectivity index (χ0n) is 36.1. The van der Waals surface area contributed by atoms with Gasteiger partial charge in [0.15, 0.2) is 11.7 Å². The summed E-state index contributed by atoms with van der Waals surface area (Å²) in [6, 6.07) is 34.5. The molecular weight excluding hydrogens is 803 g/mol. The number of hydrogen-bond donors (Lipinski definition) is 2. The van der Waals surface area contributed by atoms with Crippen molar-refractivity contribution in [1.82, 2.24) is 19.7 Å². The van der Waals surface area contributed by atoms with E-state index in [-0.39, 0.29) is 12.0 Å². The van der Waals surface area contributed by atoms with Crippen LogP contribution in [0.25, 0.3) is 5.00 Å². The van der Waals surface area contributed by atoms with Gasteiger partial charge in [-0.2, -0.15) is 0 Å². The van der Waals surface area contributed by atoms with Crippen LogP contribution in [0.3, 0.4) is 0 Å². The van der Waals surface area contributed by atoms with E-state index in [1.165, 1.54) is 44.1 Å². The SMILES string of the molecule is Cc1sc2c(c1C)C(c1ccc(N3CC(CC4(O)CCN(c5ccc([C@@H]6c7ccc(O)cc7CC[C@@H]6c6ccccc6)cc5)CC4)C3)cc1)=N[C@@H](Cc1ncco1)c1nnc(C)n1-2. The standard InChI is InChI=1S/C52H53N7O3S/c1-32-33(2)63-51-47(32)49(54-45(28-46-53-23-26-62-46)50-56-55-34(3)59(50)51)38-11-16-41(17-12-38)58-30-35(31-58)29-52(61)21-24-57(25-22-52)40-14-9-37(10-15-40)48-43(36-7-5-4-6-8-36)19-13-39-27-42(60)18-20-44(39)48/h4-12,14-18,20,23,26-27,35,43,45,48,60-61H,13,19,21-22,24-25,28-31H2,1-3H3/t43-,45+,48+/m1/s1. The molecule has 0 bridgehead atoms. The van der Waals surface area contributed by atoms with Crippen LogP contribution in [0, 0.1) is 26.7 Å². The Balaban J connectivity index is 0.739. The number of aliphatic hydroxyl groups is 1. The summed E-state index contributed by atoms with van der Waals surface area (Å²) in [5, 5.41) is 32.3. The third kappa shape index (κ3) is 7.34. The largest absolute Gasteiger partial charge is 0.508 e. The van der Waals surface area contributed by atoms with Crippen LogP contribution in [0.15, 0.2) is 119 Å². The van der Waals surface area contributed by atoms with Gasteiger partial charge in [0, 0.05) is 59.5 Å². The predicted octanol–water partition coefficient (Wildman–Crippen LogP) is 9.80. The molecule has 0 unspecified atom stereocenters. The van der Waals surface area contributed by atoms with E-state index >= 15 is 0 Å². The van der Waals surface area contributed by atoms with Crippen molar-refractivity contribution in [2.45, 2.75) is 82.8 Å². The summed E-state index contributed by atoms with van der Waals surface area (Å²) in [6.45, 7) is 9.93. The van der Waals surface area contributed by atoms with E-state index in [1.54, 1.807) is 23.8 Å². The van der Waals surface area contributed by atoms with Gasteiger partial charge in [0.05, 0.1) is 23.9 Å². The molecule has 11 heteroatoms. The summed E-state index contributed by atoms with van der Waals surface area (Å²) in [6.07, 6.45) is 8.16. The van der Waals surface area contributed by atoms with Gasteiger partial charge in [-0.05, 0) is 129 Å². The van der Waals surface area contributed by atoms with Crippen LogP contribution in [-0.4, -0.2) is 67.5 Å². The molecule has 320 valence electrons. The van der Waals surface area contributed by atoms with Gasteiger partial charge in [-0.15, -0.1) is 21.5 Å². The highest BCUT2D eigenvalue weighted by molar-refractivity contribution is 7.15. The number of anilines is 2. The fourth-order valence-corrected chi connectivity index (χ4v) is 12.1. The molecule has 6 heterocycles. The first-order valence-corrected chi connectivity index (χ1v) is 23.3. The molecule has 1 aliphatic carbocycles. The molecule has 2 fully saturated rings. The lowest BCUT2D eigenvalue weighted by molar-refractivity contribution is -0.0101. The van der Waals surface area contributed by atoms with Gasteiger partial charge in [0.2, 0.25) is 0 Å². The van der Waals surface area contributed by atoms with Crippen molar-refractivity contribution >= 4 is 28.4 Å². The van der Waals surface area contributed by atoms with Crippen LogP contribution in [0.2, 0.25) is 0 Å². The molecule has 7 aromatic rings. The molecule has 11 rings (SSSR count). The fourth-order valence-electron chi connectivity index (χ4n) is 10.9. The van der Waals surface area contributed by atoms with Crippen LogP contribution >= 0.6 is 11.3 Å². The predicted molar refractivity (Wildman–Crippen MR) is 249 cm³/mol. The molecule has 2 saturated heterocycles. The minimum absolute atomic E-state index is 0.231. The number of aromatic nitrogens is 4. The van der Waals surface area contributed by atoms with Crippen LogP contribution in [0.5, 0.6) is 5.75 Å². The van der Waals surface area contributed by atoms with Crippen molar-refractivity contribution < 1.29 is 14.6 Å². The average molecular weight is 856 g/mol. The number of aromatic hydroxyl groups is 1. The lowest BCUT2D eigenvalue weighted by atomic mass is 9.69. The average Bonchev–Trinajstić information content (AvgIpc) is 4.00. The number of nitrogens with zero attached hydrogens (tertiary/aromatic N) is 7. The van der Waals surface area contributed by atoms with E-state index in [2.05, 4.69) is 128 Å². The molecule has 0 spiro atoms. The zero-order chi connectivity index (χ0) is 42.8. The van der Waals surface area contributed by atoms with Crippen LogP contribution in [0.1, 0.15) is 105 Å². The van der Waals surface area contributed by atoms with Gasteiger partial charge >= 0.3 is 0 Å². The number of hydrogen-bond acceptors (Lipinski definition) is 10. The maximum atomic E-state index is 11.9. The highest BCUT2D eigenvalue weighted by atomic mass is 32.1. The Morgan fingerprint density at radius 2 is 1.59 bits per heavy atom. The van der Waals surface area contributed by atoms with Gasteiger partial charge in [-0.1, -0.05) is 60.7 Å². The van der Waals surface area contributed by atoms with Gasteiger partial charge < -0.3 is 24.4 Å². The summed E-state index contributed by atoms with van der Waals surface area (Å²) >= 11 is 1.76. The summed E-state index contributed by atoms with van der Waals surface area (Å²) in [7, 11) is 0. The number of piperidine rings is 1. The molecule has 4 aliphatic rings. The molecular formula is C52H53N7O3S. The maximum Gasteiger partial charge on any atom is 0.196 e. The van der Waals surface area contributed by atoms with E-state index in [9.17, 15) is 10.2 Å². The Morgan fingerprint density at radius 3 is 2.33 bits per heavy atom. The molecule has 0 radical (unpaired) electrons. The lowest BCUT2D eigenvalue weighted by Gasteiger charge is -2.47. The van der Waals surface area contributed by atoms with E-state index in [0.717, 1.165) is 91.8 Å². The first-order chi connectivity index (χ1) is 30.7. The number of oxazole rings is 1. The number of phenols is 1. The van der Waals surface area contributed by atoms with Gasteiger partial charge in [0.25, 0.3) is 0 Å². The van der Waals surface area contributed by atoms with Crippen molar-refractivity contribution in [2.24, 2.45) is 10.9 Å². The van der Waals surface area contributed by atoms with E-state index in [0.29, 0.717) is 29.9 Å². The Hall–Kier alpha value is -6.04. The summed E-state index contributed by atoms with van der Waals surface area (Å²) in [5.74, 6) is 3.68. The number of fused-ring (bicyclic) bond motifs is 4. The third-order valence-corrected chi connectivity index (χ3v) is 15.5. The molecule has 10 nitrogen and oxygen atoms in total. The maximum absolute atomic E-state index is 11.9. The van der Waals surface area contributed by atoms with E-state index in [4.69, 9.17) is 9.41 Å². The van der Waals surface area contributed by atoms with Gasteiger partial charge in [0.1, 0.15) is 28.9 Å². The molecule has 0 amide bonds. The highest BCUT2D eigenvalue weighted by Gasteiger charge is 2.40. The second kappa shape index (κ2) is 15.9. The van der Waals surface area contributed by atoms with Crippen LogP contribution in [0.4, 0.5) is 11.4 Å². The van der Waals surface area contributed by atoms with Crippen LogP contribution in [-0.2, 0) is 12.8 Å². The monoisotopic (exact) mass is 855 g/mol. The summed E-state index contributed by atoms with van der Waals surface area (Å²) < 4.78 is 7.84. The number of benzene rings is 4. The second-order valence-electron chi connectivity index (χ2n) is 18.3. The van der Waals surface area contributed by atoms with E-state index < -0.39 is 5.60 Å². The van der Waals surface area contributed by atoms with Crippen molar-refractivity contribution in [3.63, 3.8) is 0 Å². The summed E-state index contributed by atoms with van der Waals surface area (Å²) in [5.41, 5.74) is 11.4. The zero-order valence-corrected chi connectivity index (χ0v) is 36.9. The van der Waals surface area contributed by atoms with Crippen molar-refractivity contribution in [3.05, 3.63) is 171 Å². The first kappa shape index (κ1) is 39.8. The van der Waals surface area contributed by atoms with Crippen molar-refractivity contribution in [1.29, 1.82) is 0 Å². The summed E-state index contributed by atoms with van der Waals surface area (Å²) in [4.78, 5) is 15.9. The topological polar surface area (TPSA) is 116 Å². The molecule has 3 atom stereocenters. The van der Waals surface area contributed by atoms with E-state index in [1.807, 2.05) is 19.1 Å². The first-order valence-electron chi connectivity index (χ1n) is 22.5. The molecule has 3 aromatic heterocycles. The molecule has 63 heavy (non-hydrogen) atoms. The van der Waals surface area contributed by atoms with Gasteiger partial charge in [-0.3, -0.25) is 9.56 Å². The van der Waals surface area contributed by atoms with Crippen molar-refractivity contribution in [2.75, 3.05) is 36.0 Å². The lowest BCUT2D eigenvalue weighted by Crippen LogP contribution is -2.52. The normalized spacial score (nSPS) is 20.6. The quantitative estimate of drug-likeness (QED) is 0.148. The number of rotatable bonds is 9. The third-order valence-electron chi connectivity index (χ3n) is 14.4. The molecule has 2 N–H and O–H groups in total.